The first-order chi connectivity index (χ1) is 16.0. The SMILES string of the molecule is CCOc1cc(Nc2ncc3ccc4ncn(C(C)C)c4c3n2)ncc1N1CCN(C)CC1. The predicted molar refractivity (Wildman–Crippen MR) is 132 cm³/mol. The molecule has 0 atom stereocenters. The number of imidazole rings is 1. The van der Waals surface area contributed by atoms with E-state index >= 15 is 0 Å². The number of hydrogen-bond acceptors (Lipinski definition) is 8. The minimum Gasteiger partial charge on any atom is -0.492 e. The van der Waals surface area contributed by atoms with Crippen LogP contribution in [0.25, 0.3) is 21.9 Å². The van der Waals surface area contributed by atoms with E-state index in [-0.39, 0.29) is 6.04 Å². The highest BCUT2D eigenvalue weighted by Crippen LogP contribution is 2.32. The highest BCUT2D eigenvalue weighted by atomic mass is 16.5. The number of nitrogens with zero attached hydrogens (tertiary/aromatic N) is 7. The minimum atomic E-state index is 0.282. The van der Waals surface area contributed by atoms with Crippen molar-refractivity contribution in [3.63, 3.8) is 0 Å². The van der Waals surface area contributed by atoms with E-state index in [9.17, 15) is 0 Å². The molecule has 1 aromatic carbocycles. The number of rotatable bonds is 6. The lowest BCUT2D eigenvalue weighted by molar-refractivity contribution is 0.307. The molecule has 5 rings (SSSR count). The van der Waals surface area contributed by atoms with Gasteiger partial charge in [0.2, 0.25) is 5.95 Å². The van der Waals surface area contributed by atoms with Crippen LogP contribution in [0.3, 0.4) is 0 Å². The van der Waals surface area contributed by atoms with Gasteiger partial charge in [0.05, 0.1) is 35.9 Å². The maximum absolute atomic E-state index is 5.97. The Morgan fingerprint density at radius 1 is 1.06 bits per heavy atom. The van der Waals surface area contributed by atoms with Crippen LogP contribution in [0, 0.1) is 0 Å². The van der Waals surface area contributed by atoms with Gasteiger partial charge in [0.25, 0.3) is 0 Å². The average Bonchev–Trinajstić information content (AvgIpc) is 3.25. The van der Waals surface area contributed by atoms with E-state index in [4.69, 9.17) is 9.72 Å². The summed E-state index contributed by atoms with van der Waals surface area (Å²) >= 11 is 0. The second kappa shape index (κ2) is 8.82. The van der Waals surface area contributed by atoms with Crippen molar-refractivity contribution in [2.24, 2.45) is 0 Å². The molecule has 0 aliphatic carbocycles. The number of piperazine rings is 1. The first kappa shape index (κ1) is 21.4. The van der Waals surface area contributed by atoms with Gasteiger partial charge >= 0.3 is 0 Å². The zero-order chi connectivity index (χ0) is 22.9. The lowest BCUT2D eigenvalue weighted by Gasteiger charge is -2.34. The Morgan fingerprint density at radius 2 is 1.88 bits per heavy atom. The van der Waals surface area contributed by atoms with Crippen LogP contribution < -0.4 is 15.0 Å². The van der Waals surface area contributed by atoms with Crippen LogP contribution in [0.2, 0.25) is 0 Å². The Labute approximate surface area is 193 Å². The molecule has 9 nitrogen and oxygen atoms in total. The number of ether oxygens (including phenoxy) is 1. The van der Waals surface area contributed by atoms with E-state index in [1.54, 1.807) is 0 Å². The maximum Gasteiger partial charge on any atom is 0.228 e. The molecule has 9 heteroatoms. The summed E-state index contributed by atoms with van der Waals surface area (Å²) < 4.78 is 8.11. The van der Waals surface area contributed by atoms with Crippen LogP contribution >= 0.6 is 0 Å². The van der Waals surface area contributed by atoms with Gasteiger partial charge < -0.3 is 24.4 Å². The Kier molecular flexibility index (Phi) is 5.72. The van der Waals surface area contributed by atoms with Crippen molar-refractivity contribution in [1.82, 2.24) is 29.4 Å². The van der Waals surface area contributed by atoms with Crippen LogP contribution in [0.4, 0.5) is 17.5 Å². The quantitative estimate of drug-likeness (QED) is 0.478. The van der Waals surface area contributed by atoms with Crippen molar-refractivity contribution in [3.05, 3.63) is 36.9 Å². The van der Waals surface area contributed by atoms with Crippen molar-refractivity contribution in [2.75, 3.05) is 50.1 Å². The van der Waals surface area contributed by atoms with Gasteiger partial charge in [-0.2, -0.15) is 0 Å². The molecule has 4 heterocycles. The molecule has 0 spiro atoms. The third-order valence-corrected chi connectivity index (χ3v) is 6.07. The molecule has 1 aliphatic heterocycles. The fraction of sp³-hybridized carbons (Fsp3) is 0.417. The topological polar surface area (TPSA) is 84.2 Å². The van der Waals surface area contributed by atoms with Crippen molar-refractivity contribution in [2.45, 2.75) is 26.8 Å². The summed E-state index contributed by atoms with van der Waals surface area (Å²) in [6.07, 6.45) is 5.59. The Bertz CT molecular complexity index is 1280. The largest absolute Gasteiger partial charge is 0.492 e. The molecule has 3 aromatic heterocycles. The van der Waals surface area contributed by atoms with Crippen molar-refractivity contribution >= 4 is 39.4 Å². The van der Waals surface area contributed by atoms with E-state index in [0.717, 1.165) is 59.6 Å². The number of benzene rings is 1. The number of hydrogen-bond donors (Lipinski definition) is 1. The van der Waals surface area contributed by atoms with Gasteiger partial charge in [-0.15, -0.1) is 0 Å². The maximum atomic E-state index is 5.97. The van der Waals surface area contributed by atoms with Gasteiger partial charge in [0.15, 0.2) is 0 Å². The third kappa shape index (κ3) is 4.16. The molecule has 0 bridgehead atoms. The summed E-state index contributed by atoms with van der Waals surface area (Å²) in [5.41, 5.74) is 3.84. The fourth-order valence-electron chi connectivity index (χ4n) is 4.23. The zero-order valence-electron chi connectivity index (χ0n) is 19.6. The van der Waals surface area contributed by atoms with Gasteiger partial charge in [0.1, 0.15) is 17.1 Å². The van der Waals surface area contributed by atoms with E-state index in [2.05, 4.69) is 55.5 Å². The minimum absolute atomic E-state index is 0.282. The van der Waals surface area contributed by atoms with E-state index < -0.39 is 0 Å². The second-order valence-electron chi connectivity index (χ2n) is 8.70. The van der Waals surface area contributed by atoms with Gasteiger partial charge in [0, 0.05) is 49.9 Å². The van der Waals surface area contributed by atoms with Crippen LogP contribution in [0.15, 0.2) is 36.9 Å². The van der Waals surface area contributed by atoms with Gasteiger partial charge in [-0.25, -0.2) is 19.9 Å². The molecular weight excluding hydrogens is 416 g/mol. The van der Waals surface area contributed by atoms with Crippen molar-refractivity contribution in [1.29, 1.82) is 0 Å². The lowest BCUT2D eigenvalue weighted by atomic mass is 10.2. The molecule has 0 saturated carbocycles. The second-order valence-corrected chi connectivity index (χ2v) is 8.70. The summed E-state index contributed by atoms with van der Waals surface area (Å²) in [6, 6.07) is 6.24. The van der Waals surface area contributed by atoms with Crippen molar-refractivity contribution in [3.8, 4) is 5.75 Å². The molecule has 172 valence electrons. The summed E-state index contributed by atoms with van der Waals surface area (Å²) in [5.74, 6) is 1.97. The molecule has 0 amide bonds. The number of nitrogens with one attached hydrogen (secondary N) is 1. The first-order valence-electron chi connectivity index (χ1n) is 11.5. The molecule has 4 aromatic rings. The summed E-state index contributed by atoms with van der Waals surface area (Å²) in [7, 11) is 2.15. The number of aromatic nitrogens is 5. The van der Waals surface area contributed by atoms with E-state index in [1.165, 1.54) is 0 Å². The Morgan fingerprint density at radius 3 is 2.64 bits per heavy atom. The molecule has 0 unspecified atom stereocenters. The lowest BCUT2D eigenvalue weighted by Crippen LogP contribution is -2.44. The highest BCUT2D eigenvalue weighted by Gasteiger charge is 2.19. The van der Waals surface area contributed by atoms with Crippen LogP contribution in [-0.4, -0.2) is 69.2 Å². The molecular formula is C24H30N8O. The molecule has 0 radical (unpaired) electrons. The smallest absolute Gasteiger partial charge is 0.228 e. The van der Waals surface area contributed by atoms with Gasteiger partial charge in [-0.05, 0) is 40.0 Å². The molecule has 1 fully saturated rings. The fourth-order valence-corrected chi connectivity index (χ4v) is 4.23. The molecule has 1 N–H and O–H groups in total. The number of likely N-dealkylation sites (N-methyl/N-ethyl adjacent to an activating group) is 1. The Hall–Kier alpha value is -3.46. The summed E-state index contributed by atoms with van der Waals surface area (Å²) in [4.78, 5) is 23.2. The molecule has 33 heavy (non-hydrogen) atoms. The van der Waals surface area contributed by atoms with E-state index in [0.29, 0.717) is 18.4 Å². The number of pyridine rings is 1. The normalized spacial score (nSPS) is 15.0. The number of fused-ring (bicyclic) bond motifs is 3. The molecule has 1 saturated heterocycles. The van der Waals surface area contributed by atoms with Crippen molar-refractivity contribution < 1.29 is 4.74 Å². The zero-order valence-corrected chi connectivity index (χ0v) is 19.6. The first-order valence-corrected chi connectivity index (χ1v) is 11.5. The van der Waals surface area contributed by atoms with Crippen LogP contribution in [0.1, 0.15) is 26.8 Å². The van der Waals surface area contributed by atoms with Gasteiger partial charge in [-0.1, -0.05) is 0 Å². The molecule has 1 aliphatic rings. The van der Waals surface area contributed by atoms with Gasteiger partial charge in [-0.3, -0.25) is 0 Å². The Balaban J connectivity index is 1.48. The van der Waals surface area contributed by atoms with E-state index in [1.807, 2.05) is 43.8 Å². The van der Waals surface area contributed by atoms with Crippen LogP contribution in [-0.2, 0) is 0 Å². The average molecular weight is 447 g/mol. The highest BCUT2D eigenvalue weighted by molar-refractivity contribution is 6.02. The third-order valence-electron chi connectivity index (χ3n) is 6.07. The van der Waals surface area contributed by atoms with Crippen LogP contribution in [0.5, 0.6) is 5.75 Å². The monoisotopic (exact) mass is 446 g/mol. The summed E-state index contributed by atoms with van der Waals surface area (Å²) in [5, 5.41) is 4.24. The standard InChI is InChI=1S/C24H30N8O/c1-5-33-20-12-21(25-14-19(20)31-10-8-30(4)9-11-31)28-24-26-13-17-6-7-18-23(22(17)29-24)32(15-27-18)16(2)3/h6-7,12-16H,5,8-11H2,1-4H3,(H,25,26,28,29). The summed E-state index contributed by atoms with van der Waals surface area (Å²) in [6.45, 7) is 10.8. The number of anilines is 3. The predicted octanol–water partition coefficient (Wildman–Crippen LogP) is 3.85.